The molecule has 0 saturated heterocycles. The van der Waals surface area contributed by atoms with Crippen LogP contribution in [0.4, 0.5) is 0 Å². The van der Waals surface area contributed by atoms with Gasteiger partial charge >= 0.3 is 0 Å². The lowest BCUT2D eigenvalue weighted by Crippen LogP contribution is -2.42. The maximum absolute atomic E-state index is 13.2. The molecule has 3 aromatic rings. The molecule has 0 fully saturated rings. The van der Waals surface area contributed by atoms with Gasteiger partial charge in [0.15, 0.2) is 0 Å². The van der Waals surface area contributed by atoms with Gasteiger partial charge in [0.05, 0.1) is 0 Å². The van der Waals surface area contributed by atoms with Gasteiger partial charge in [-0.2, -0.15) is 0 Å². The Kier molecular flexibility index (Phi) is 7.26. The number of rotatable bonds is 7. The fraction of sp³-hybridized carbons (Fsp3) is 0.200. The summed E-state index contributed by atoms with van der Waals surface area (Å²) in [5.41, 5.74) is 3.84. The molecule has 1 N–H and O–H groups in total. The number of carbonyl (C=O) groups excluding carboxylic acids is 2. The van der Waals surface area contributed by atoms with E-state index in [1.54, 1.807) is 17.0 Å². The first-order valence-electron chi connectivity index (χ1n) is 9.84. The van der Waals surface area contributed by atoms with Crippen LogP contribution in [0.2, 0.25) is 5.02 Å². The van der Waals surface area contributed by atoms with E-state index in [0.717, 1.165) is 22.3 Å². The van der Waals surface area contributed by atoms with Gasteiger partial charge in [-0.1, -0.05) is 83.9 Å². The van der Waals surface area contributed by atoms with Gasteiger partial charge in [-0.15, -0.1) is 0 Å². The van der Waals surface area contributed by atoms with Crippen LogP contribution < -0.4 is 5.32 Å². The number of nitrogens with zero attached hydrogens (tertiary/aromatic N) is 1. The molecule has 0 unspecified atom stereocenters. The second-order valence-corrected chi connectivity index (χ2v) is 7.73. The molecular weight excluding hydrogens is 396 g/mol. The van der Waals surface area contributed by atoms with E-state index in [-0.39, 0.29) is 11.8 Å². The molecular formula is C25H25ClN2O2. The van der Waals surface area contributed by atoms with E-state index in [4.69, 9.17) is 11.6 Å². The molecule has 0 aliphatic rings. The molecule has 30 heavy (non-hydrogen) atoms. The van der Waals surface area contributed by atoms with Crippen molar-refractivity contribution in [3.63, 3.8) is 0 Å². The molecule has 0 radical (unpaired) electrons. The van der Waals surface area contributed by atoms with Crippen molar-refractivity contribution in [2.45, 2.75) is 33.0 Å². The normalized spacial score (nSPS) is 11.6. The third-order valence-electron chi connectivity index (χ3n) is 4.93. The molecule has 0 saturated carbocycles. The van der Waals surface area contributed by atoms with Crippen molar-refractivity contribution in [1.82, 2.24) is 10.2 Å². The van der Waals surface area contributed by atoms with E-state index >= 15 is 0 Å². The van der Waals surface area contributed by atoms with Crippen molar-refractivity contribution >= 4 is 23.4 Å². The average Bonchev–Trinajstić information content (AvgIpc) is 2.75. The Morgan fingerprint density at radius 3 is 2.10 bits per heavy atom. The molecule has 154 valence electrons. The SMILES string of the molecule is CC(=O)N(Cc1ccc(Cl)cc1)[C@@H](C(=O)NCc1ccc(C)cc1)c1ccccc1. The standard InChI is InChI=1S/C25H25ClN2O2/c1-18-8-10-20(11-9-18)16-27-25(30)24(22-6-4-3-5-7-22)28(19(2)29)17-21-12-14-23(26)15-13-21/h3-15,24H,16-17H2,1-2H3,(H,27,30)/t24-/m1/s1. The molecule has 2 amide bonds. The summed E-state index contributed by atoms with van der Waals surface area (Å²) in [6.07, 6.45) is 0. The van der Waals surface area contributed by atoms with Crippen LogP contribution in [-0.4, -0.2) is 16.7 Å². The summed E-state index contributed by atoms with van der Waals surface area (Å²) in [5.74, 6) is -0.393. The highest BCUT2D eigenvalue weighted by molar-refractivity contribution is 6.30. The first kappa shape index (κ1) is 21.6. The summed E-state index contributed by atoms with van der Waals surface area (Å²) in [6, 6.07) is 23.9. The van der Waals surface area contributed by atoms with Crippen molar-refractivity contribution in [3.05, 3.63) is 106 Å². The Bertz CT molecular complexity index is 986. The highest BCUT2D eigenvalue weighted by atomic mass is 35.5. The van der Waals surface area contributed by atoms with E-state index in [9.17, 15) is 9.59 Å². The van der Waals surface area contributed by atoms with E-state index in [1.165, 1.54) is 6.92 Å². The third-order valence-corrected chi connectivity index (χ3v) is 5.19. The highest BCUT2D eigenvalue weighted by Gasteiger charge is 2.29. The largest absolute Gasteiger partial charge is 0.350 e. The number of carbonyl (C=O) groups is 2. The summed E-state index contributed by atoms with van der Waals surface area (Å²) < 4.78 is 0. The molecule has 0 spiro atoms. The van der Waals surface area contributed by atoms with Crippen LogP contribution >= 0.6 is 11.6 Å². The van der Waals surface area contributed by atoms with Gasteiger partial charge in [0.1, 0.15) is 6.04 Å². The summed E-state index contributed by atoms with van der Waals surface area (Å²) in [7, 11) is 0. The Hall–Kier alpha value is -3.11. The number of halogens is 1. The first-order chi connectivity index (χ1) is 14.4. The maximum atomic E-state index is 13.2. The van der Waals surface area contributed by atoms with Crippen LogP contribution in [0.5, 0.6) is 0 Å². The van der Waals surface area contributed by atoms with Gasteiger partial charge in [0.2, 0.25) is 11.8 Å². The molecule has 1 atom stereocenters. The van der Waals surface area contributed by atoms with Crippen molar-refractivity contribution in [2.75, 3.05) is 0 Å². The third kappa shape index (κ3) is 5.71. The molecule has 4 nitrogen and oxygen atoms in total. The maximum Gasteiger partial charge on any atom is 0.247 e. The van der Waals surface area contributed by atoms with Crippen LogP contribution in [0.1, 0.15) is 35.2 Å². The second kappa shape index (κ2) is 10.1. The zero-order chi connectivity index (χ0) is 21.5. The lowest BCUT2D eigenvalue weighted by atomic mass is 10.0. The minimum absolute atomic E-state index is 0.177. The Labute approximate surface area is 182 Å². The molecule has 3 rings (SSSR count). The molecule has 0 bridgehead atoms. The number of hydrogen-bond acceptors (Lipinski definition) is 2. The first-order valence-corrected chi connectivity index (χ1v) is 10.2. The molecule has 3 aromatic carbocycles. The quantitative estimate of drug-likeness (QED) is 0.581. The Morgan fingerprint density at radius 2 is 1.50 bits per heavy atom. The monoisotopic (exact) mass is 420 g/mol. The predicted molar refractivity (Wildman–Crippen MR) is 120 cm³/mol. The number of benzene rings is 3. The van der Waals surface area contributed by atoms with Gasteiger partial charge in [-0.3, -0.25) is 9.59 Å². The summed E-state index contributed by atoms with van der Waals surface area (Å²) >= 11 is 5.98. The zero-order valence-electron chi connectivity index (χ0n) is 17.1. The molecule has 0 heterocycles. The van der Waals surface area contributed by atoms with Crippen LogP contribution in [0.25, 0.3) is 0 Å². The van der Waals surface area contributed by atoms with Crippen molar-refractivity contribution in [2.24, 2.45) is 0 Å². The lowest BCUT2D eigenvalue weighted by Gasteiger charge is -2.30. The zero-order valence-corrected chi connectivity index (χ0v) is 17.9. The van der Waals surface area contributed by atoms with Crippen molar-refractivity contribution in [1.29, 1.82) is 0 Å². The lowest BCUT2D eigenvalue weighted by molar-refractivity contribution is -0.140. The molecule has 0 aliphatic heterocycles. The summed E-state index contributed by atoms with van der Waals surface area (Å²) in [4.78, 5) is 27.4. The van der Waals surface area contributed by atoms with E-state index in [2.05, 4.69) is 5.32 Å². The van der Waals surface area contributed by atoms with E-state index < -0.39 is 6.04 Å². The predicted octanol–water partition coefficient (Wildman–Crippen LogP) is 5.05. The Morgan fingerprint density at radius 1 is 0.900 bits per heavy atom. The van der Waals surface area contributed by atoms with Gasteiger partial charge < -0.3 is 10.2 Å². The summed E-state index contributed by atoms with van der Waals surface area (Å²) in [5, 5.41) is 3.62. The van der Waals surface area contributed by atoms with Crippen LogP contribution in [0.15, 0.2) is 78.9 Å². The van der Waals surface area contributed by atoms with E-state index in [0.29, 0.717) is 18.1 Å². The van der Waals surface area contributed by atoms with Gasteiger partial charge in [0, 0.05) is 25.0 Å². The summed E-state index contributed by atoms with van der Waals surface area (Å²) in [6.45, 7) is 4.22. The Balaban J connectivity index is 1.85. The van der Waals surface area contributed by atoms with Crippen LogP contribution in [-0.2, 0) is 22.7 Å². The number of amides is 2. The van der Waals surface area contributed by atoms with Crippen molar-refractivity contribution < 1.29 is 9.59 Å². The topological polar surface area (TPSA) is 49.4 Å². The second-order valence-electron chi connectivity index (χ2n) is 7.29. The van der Waals surface area contributed by atoms with Crippen molar-refractivity contribution in [3.8, 4) is 0 Å². The van der Waals surface area contributed by atoms with E-state index in [1.807, 2.05) is 73.7 Å². The van der Waals surface area contributed by atoms with Crippen LogP contribution in [0.3, 0.4) is 0 Å². The fourth-order valence-electron chi connectivity index (χ4n) is 3.27. The fourth-order valence-corrected chi connectivity index (χ4v) is 3.40. The average molecular weight is 421 g/mol. The van der Waals surface area contributed by atoms with Gasteiger partial charge in [-0.05, 0) is 35.7 Å². The number of nitrogens with one attached hydrogen (secondary N) is 1. The molecule has 0 aliphatic carbocycles. The van der Waals surface area contributed by atoms with Crippen LogP contribution in [0, 0.1) is 6.92 Å². The molecule has 5 heteroatoms. The number of aryl methyl sites for hydroxylation is 1. The molecule has 0 aromatic heterocycles. The smallest absolute Gasteiger partial charge is 0.247 e. The minimum atomic E-state index is -0.732. The van der Waals surface area contributed by atoms with Gasteiger partial charge in [0.25, 0.3) is 0 Å². The minimum Gasteiger partial charge on any atom is -0.350 e. The van der Waals surface area contributed by atoms with Gasteiger partial charge in [-0.25, -0.2) is 0 Å². The number of hydrogen-bond donors (Lipinski definition) is 1. The highest BCUT2D eigenvalue weighted by Crippen LogP contribution is 2.24.